The van der Waals surface area contributed by atoms with Crippen molar-refractivity contribution < 1.29 is 4.39 Å². The lowest BCUT2D eigenvalue weighted by atomic mass is 10.5. The Hall–Kier alpha value is 0.0400. The molecule has 0 saturated carbocycles. The van der Waals surface area contributed by atoms with Crippen LogP contribution in [0.2, 0.25) is 0 Å². The average molecular weight is 255 g/mol. The van der Waals surface area contributed by atoms with Crippen molar-refractivity contribution >= 4 is 31.9 Å². The molecular formula is C5H2Br2FN. The van der Waals surface area contributed by atoms with Gasteiger partial charge in [-0.05, 0) is 37.9 Å². The average Bonchev–Trinajstić information content (AvgIpc) is 1.80. The molecule has 0 bridgehead atoms. The Morgan fingerprint density at radius 3 is 2.56 bits per heavy atom. The maximum absolute atomic E-state index is 12.2. The highest BCUT2D eigenvalue weighted by Gasteiger charge is 1.96. The molecule has 1 nitrogen and oxygen atoms in total. The van der Waals surface area contributed by atoms with E-state index in [1.54, 1.807) is 0 Å². The van der Waals surface area contributed by atoms with Crippen molar-refractivity contribution in [3.05, 3.63) is 27.2 Å². The van der Waals surface area contributed by atoms with Crippen LogP contribution < -0.4 is 0 Å². The summed E-state index contributed by atoms with van der Waals surface area (Å²) in [6, 6.07) is 1.34. The number of aromatic nitrogens is 1. The van der Waals surface area contributed by atoms with Crippen molar-refractivity contribution in [2.75, 3.05) is 0 Å². The van der Waals surface area contributed by atoms with Crippen LogP contribution in [0.4, 0.5) is 4.39 Å². The molecule has 0 amide bonds. The normalized spacial score (nSPS) is 9.67. The topological polar surface area (TPSA) is 12.9 Å². The lowest BCUT2D eigenvalue weighted by Gasteiger charge is -1.91. The molecule has 1 aromatic heterocycles. The van der Waals surface area contributed by atoms with Crippen LogP contribution in [-0.4, -0.2) is 4.98 Å². The minimum atomic E-state index is -0.343. The van der Waals surface area contributed by atoms with E-state index >= 15 is 0 Å². The van der Waals surface area contributed by atoms with Crippen molar-refractivity contribution in [2.24, 2.45) is 0 Å². The molecule has 4 heteroatoms. The van der Waals surface area contributed by atoms with Gasteiger partial charge in [0.25, 0.3) is 0 Å². The van der Waals surface area contributed by atoms with E-state index < -0.39 is 0 Å². The number of hydrogen-bond donors (Lipinski definition) is 0. The summed E-state index contributed by atoms with van der Waals surface area (Å²) in [7, 11) is 0. The Labute approximate surface area is 68.6 Å². The number of hydrogen-bond acceptors (Lipinski definition) is 1. The van der Waals surface area contributed by atoms with E-state index in [4.69, 9.17) is 0 Å². The number of rotatable bonds is 0. The zero-order valence-electron chi connectivity index (χ0n) is 4.24. The summed E-state index contributed by atoms with van der Waals surface area (Å²) in [5.74, 6) is -0.343. The molecule has 0 spiro atoms. The van der Waals surface area contributed by atoms with Crippen molar-refractivity contribution in [1.82, 2.24) is 4.98 Å². The highest BCUT2D eigenvalue weighted by Crippen LogP contribution is 2.19. The number of halogens is 3. The van der Waals surface area contributed by atoms with E-state index in [1.165, 1.54) is 6.07 Å². The first-order valence-corrected chi connectivity index (χ1v) is 3.75. The summed E-state index contributed by atoms with van der Waals surface area (Å²) in [4.78, 5) is 3.67. The van der Waals surface area contributed by atoms with Gasteiger partial charge >= 0.3 is 0 Å². The van der Waals surface area contributed by atoms with E-state index in [0.29, 0.717) is 9.08 Å². The summed E-state index contributed by atoms with van der Waals surface area (Å²) in [5, 5.41) is 0. The monoisotopic (exact) mass is 253 g/mol. The number of pyridine rings is 1. The smallest absolute Gasteiger partial charge is 0.142 e. The molecule has 0 fully saturated rings. The van der Waals surface area contributed by atoms with Crippen molar-refractivity contribution in [1.29, 1.82) is 0 Å². The van der Waals surface area contributed by atoms with Gasteiger partial charge in [-0.1, -0.05) is 0 Å². The van der Waals surface area contributed by atoms with Gasteiger partial charge in [-0.25, -0.2) is 9.37 Å². The SMILES string of the molecule is Fc1cnc(Br)c(Br)c1. The Kier molecular flexibility index (Phi) is 2.18. The summed E-state index contributed by atoms with van der Waals surface area (Å²) in [6.07, 6.45) is 1.15. The molecule has 1 heterocycles. The van der Waals surface area contributed by atoms with E-state index in [-0.39, 0.29) is 5.82 Å². The molecule has 0 aliphatic heterocycles. The predicted molar refractivity (Wildman–Crippen MR) is 39.6 cm³/mol. The van der Waals surface area contributed by atoms with Gasteiger partial charge in [-0.15, -0.1) is 0 Å². The third-order valence-corrected chi connectivity index (χ3v) is 2.53. The maximum atomic E-state index is 12.2. The number of nitrogens with zero attached hydrogens (tertiary/aromatic N) is 1. The molecule has 48 valence electrons. The van der Waals surface area contributed by atoms with Gasteiger partial charge < -0.3 is 0 Å². The highest BCUT2D eigenvalue weighted by molar-refractivity contribution is 9.13. The standard InChI is InChI=1S/C5H2Br2FN/c6-4-1-3(8)2-9-5(4)7/h1-2H. The molecular weight excluding hydrogens is 253 g/mol. The molecule has 0 aliphatic carbocycles. The van der Waals surface area contributed by atoms with Crippen LogP contribution in [0.1, 0.15) is 0 Å². The van der Waals surface area contributed by atoms with E-state index in [1.807, 2.05) is 0 Å². The summed E-state index contributed by atoms with van der Waals surface area (Å²) in [6.45, 7) is 0. The van der Waals surface area contributed by atoms with E-state index in [0.717, 1.165) is 6.20 Å². The Morgan fingerprint density at radius 2 is 2.11 bits per heavy atom. The minimum absolute atomic E-state index is 0.343. The first-order chi connectivity index (χ1) is 4.20. The van der Waals surface area contributed by atoms with Gasteiger partial charge in [-0.2, -0.15) is 0 Å². The summed E-state index contributed by atoms with van der Waals surface area (Å²) in [5.41, 5.74) is 0. The third kappa shape index (κ3) is 1.72. The van der Waals surface area contributed by atoms with Crippen LogP contribution >= 0.6 is 31.9 Å². The van der Waals surface area contributed by atoms with Gasteiger partial charge in [0.05, 0.1) is 10.7 Å². The molecule has 0 unspecified atom stereocenters. The van der Waals surface area contributed by atoms with Crippen LogP contribution in [-0.2, 0) is 0 Å². The zero-order valence-corrected chi connectivity index (χ0v) is 7.41. The van der Waals surface area contributed by atoms with Crippen LogP contribution in [0, 0.1) is 5.82 Å². The maximum Gasteiger partial charge on any atom is 0.142 e. The molecule has 0 radical (unpaired) electrons. The molecule has 0 N–H and O–H groups in total. The second kappa shape index (κ2) is 2.75. The molecule has 0 saturated heterocycles. The Balaban J connectivity index is 3.17. The second-order valence-corrected chi connectivity index (χ2v) is 3.03. The second-order valence-electron chi connectivity index (χ2n) is 1.43. The third-order valence-electron chi connectivity index (χ3n) is 0.763. The lowest BCUT2D eigenvalue weighted by molar-refractivity contribution is 0.619. The van der Waals surface area contributed by atoms with Crippen LogP contribution in [0.15, 0.2) is 21.3 Å². The van der Waals surface area contributed by atoms with Crippen molar-refractivity contribution in [2.45, 2.75) is 0 Å². The first-order valence-electron chi connectivity index (χ1n) is 2.16. The zero-order chi connectivity index (χ0) is 6.85. The summed E-state index contributed by atoms with van der Waals surface area (Å²) < 4.78 is 13.5. The van der Waals surface area contributed by atoms with Gasteiger partial charge in [0.2, 0.25) is 0 Å². The molecule has 1 rings (SSSR count). The quantitative estimate of drug-likeness (QED) is 0.649. The van der Waals surface area contributed by atoms with Gasteiger partial charge in [0, 0.05) is 0 Å². The van der Waals surface area contributed by atoms with Gasteiger partial charge in [0.1, 0.15) is 10.4 Å². The fraction of sp³-hybridized carbons (Fsp3) is 0. The first kappa shape index (κ1) is 7.15. The van der Waals surface area contributed by atoms with Gasteiger partial charge in [0.15, 0.2) is 0 Å². The van der Waals surface area contributed by atoms with E-state index in [9.17, 15) is 4.39 Å². The van der Waals surface area contributed by atoms with Crippen molar-refractivity contribution in [3.8, 4) is 0 Å². The summed E-state index contributed by atoms with van der Waals surface area (Å²) >= 11 is 6.20. The lowest BCUT2D eigenvalue weighted by Crippen LogP contribution is -1.79. The minimum Gasteiger partial charge on any atom is -0.245 e. The predicted octanol–water partition coefficient (Wildman–Crippen LogP) is 2.75. The van der Waals surface area contributed by atoms with Crippen molar-refractivity contribution in [3.63, 3.8) is 0 Å². The van der Waals surface area contributed by atoms with Crippen LogP contribution in [0.25, 0.3) is 0 Å². The fourth-order valence-corrected chi connectivity index (χ4v) is 0.936. The molecule has 0 aromatic carbocycles. The van der Waals surface area contributed by atoms with Crippen LogP contribution in [0.3, 0.4) is 0 Å². The van der Waals surface area contributed by atoms with Crippen LogP contribution in [0.5, 0.6) is 0 Å². The fourth-order valence-electron chi connectivity index (χ4n) is 0.398. The molecule has 9 heavy (non-hydrogen) atoms. The van der Waals surface area contributed by atoms with E-state index in [2.05, 4.69) is 36.8 Å². The molecule has 0 aliphatic rings. The molecule has 1 aromatic rings. The Morgan fingerprint density at radius 1 is 1.44 bits per heavy atom. The largest absolute Gasteiger partial charge is 0.245 e. The Bertz CT molecular complexity index is 226. The highest BCUT2D eigenvalue weighted by atomic mass is 79.9. The van der Waals surface area contributed by atoms with Gasteiger partial charge in [-0.3, -0.25) is 0 Å². The molecule has 0 atom stereocenters.